The van der Waals surface area contributed by atoms with Crippen molar-refractivity contribution in [3.05, 3.63) is 89.0 Å². The van der Waals surface area contributed by atoms with E-state index in [1.807, 2.05) is 55.2 Å². The maximum Gasteiger partial charge on any atom is 0.246 e. The second-order valence-corrected chi connectivity index (χ2v) is 15.2. The molecule has 5 heterocycles. The fourth-order valence-electron chi connectivity index (χ4n) is 7.49. The number of hydrogen-bond acceptors (Lipinski definition) is 8. The van der Waals surface area contributed by atoms with E-state index < -0.39 is 17.7 Å². The third-order valence-corrected chi connectivity index (χ3v) is 11.1. The molecule has 2 aromatic carbocycles. The lowest BCUT2D eigenvalue weighted by Gasteiger charge is -2.36. The van der Waals surface area contributed by atoms with Crippen LogP contribution >= 0.6 is 11.3 Å². The molecule has 0 spiro atoms. The van der Waals surface area contributed by atoms with Crippen molar-refractivity contribution in [3.8, 4) is 39.5 Å². The first-order chi connectivity index (χ1) is 25.3. The molecule has 7 rings (SSSR count). The molecule has 10 nitrogen and oxygen atoms in total. The number of likely N-dealkylation sites (N-methyl/N-ethyl adjacent to an activating group) is 2. The second-order valence-electron chi connectivity index (χ2n) is 14.2. The van der Waals surface area contributed by atoms with Crippen molar-refractivity contribution in [2.75, 3.05) is 34.3 Å². The van der Waals surface area contributed by atoms with E-state index in [9.17, 15) is 19.1 Å². The lowest BCUT2D eigenvalue weighted by Crippen LogP contribution is -2.48. The molecule has 3 aromatic heterocycles. The highest BCUT2D eigenvalue weighted by atomic mass is 32.1. The summed E-state index contributed by atoms with van der Waals surface area (Å²) >= 11 is 1.45. The Morgan fingerprint density at radius 3 is 2.60 bits per heavy atom. The Balaban J connectivity index is 1.46. The molecular weight excluding hydrogens is 699 g/mol. The standard InChI is InChI=1S/C40H42F2N6O4S/c1-8-34(50)47-18-21(2)48-31(23(47)4)17-30(44-48)38-35(36-29(42)15-27(41)16-33(36)52-20-22(3)49)28-11-12-53-39(28)37(43-38)25-10-9-24-14-32(40(51)45(5)6)46(7)19-26(24)13-25/h8-13,15-17,21-23,32,49H,1,14,18-20H2,2-7H3/t21-,22+,23+,32-/m0/s1. The zero-order chi connectivity index (χ0) is 37.9. The maximum absolute atomic E-state index is 16.3. The Bertz CT molecular complexity index is 2270. The van der Waals surface area contributed by atoms with E-state index in [1.54, 1.807) is 23.9 Å². The van der Waals surface area contributed by atoms with Gasteiger partial charge < -0.3 is 19.6 Å². The molecular formula is C40H42F2N6O4S. The predicted octanol–water partition coefficient (Wildman–Crippen LogP) is 6.63. The number of rotatable bonds is 8. The number of aliphatic hydroxyl groups excluding tert-OH is 1. The van der Waals surface area contributed by atoms with Gasteiger partial charge in [-0.05, 0) is 75.0 Å². The van der Waals surface area contributed by atoms with Crippen LogP contribution in [-0.2, 0) is 22.6 Å². The second kappa shape index (κ2) is 14.1. The average molecular weight is 741 g/mol. The minimum absolute atomic E-state index is 0.00342. The van der Waals surface area contributed by atoms with Crippen LogP contribution in [0.5, 0.6) is 5.75 Å². The topological polar surface area (TPSA) is 104 Å². The Hall–Kier alpha value is -4.98. The lowest BCUT2D eigenvalue weighted by molar-refractivity contribution is -0.134. The number of carbonyl (C=O) groups is 2. The van der Waals surface area contributed by atoms with Gasteiger partial charge in [0.1, 0.15) is 35.4 Å². The van der Waals surface area contributed by atoms with Crippen molar-refractivity contribution in [1.29, 1.82) is 0 Å². The molecule has 0 radical (unpaired) electrons. The van der Waals surface area contributed by atoms with Gasteiger partial charge in [-0.25, -0.2) is 13.8 Å². The summed E-state index contributed by atoms with van der Waals surface area (Å²) in [5.41, 5.74) is 5.63. The van der Waals surface area contributed by atoms with Crippen LogP contribution in [-0.4, -0.2) is 92.8 Å². The first kappa shape index (κ1) is 36.4. The molecule has 2 amide bonds. The van der Waals surface area contributed by atoms with Crippen molar-refractivity contribution >= 4 is 33.2 Å². The van der Waals surface area contributed by atoms with Gasteiger partial charge in [0.15, 0.2) is 0 Å². The third kappa shape index (κ3) is 6.51. The van der Waals surface area contributed by atoms with Crippen molar-refractivity contribution in [3.63, 3.8) is 0 Å². The summed E-state index contributed by atoms with van der Waals surface area (Å²) in [6, 6.07) is 11.1. The molecule has 4 atom stereocenters. The van der Waals surface area contributed by atoms with Crippen LogP contribution in [0.1, 0.15) is 49.7 Å². The number of hydrogen-bond donors (Lipinski definition) is 1. The summed E-state index contributed by atoms with van der Waals surface area (Å²) in [4.78, 5) is 36.5. The van der Waals surface area contributed by atoms with E-state index in [0.717, 1.165) is 39.2 Å². The molecule has 0 saturated heterocycles. The van der Waals surface area contributed by atoms with Gasteiger partial charge in [-0.15, -0.1) is 11.3 Å². The SMILES string of the molecule is C=CC(=O)N1C[C@H](C)n2nc(-c3nc(-c4ccc5c(c4)CN(C)[C@H](C(=O)N(C)C)C5)c4sccc4c3-c3c(F)cc(F)cc3OC[C@@H](C)O)cc2[C@H]1C. The van der Waals surface area contributed by atoms with Crippen LogP contribution in [0.15, 0.2) is 60.5 Å². The van der Waals surface area contributed by atoms with Gasteiger partial charge in [-0.1, -0.05) is 18.7 Å². The van der Waals surface area contributed by atoms with Crippen LogP contribution < -0.4 is 4.74 Å². The third-order valence-electron chi connectivity index (χ3n) is 10.2. The summed E-state index contributed by atoms with van der Waals surface area (Å²) in [5, 5.41) is 17.7. The molecule has 5 aromatic rings. The monoisotopic (exact) mass is 740 g/mol. The molecule has 0 unspecified atom stereocenters. The van der Waals surface area contributed by atoms with Crippen LogP contribution in [0.4, 0.5) is 8.78 Å². The predicted molar refractivity (Wildman–Crippen MR) is 201 cm³/mol. The van der Waals surface area contributed by atoms with Crippen LogP contribution in [0, 0.1) is 11.6 Å². The van der Waals surface area contributed by atoms with E-state index in [4.69, 9.17) is 14.8 Å². The molecule has 276 valence electrons. The quantitative estimate of drug-likeness (QED) is 0.178. The highest BCUT2D eigenvalue weighted by Crippen LogP contribution is 2.48. The number of pyridine rings is 1. The molecule has 0 fully saturated rings. The number of fused-ring (bicyclic) bond motifs is 3. The van der Waals surface area contributed by atoms with E-state index in [0.29, 0.717) is 47.5 Å². The van der Waals surface area contributed by atoms with Gasteiger partial charge in [-0.3, -0.25) is 19.2 Å². The number of benzene rings is 2. The van der Waals surface area contributed by atoms with Gasteiger partial charge in [0, 0.05) is 55.8 Å². The average Bonchev–Trinajstić information content (AvgIpc) is 3.80. The van der Waals surface area contributed by atoms with Gasteiger partial charge in [0.25, 0.3) is 0 Å². The van der Waals surface area contributed by atoms with Gasteiger partial charge in [0.05, 0.1) is 45.9 Å². The molecule has 53 heavy (non-hydrogen) atoms. The summed E-state index contributed by atoms with van der Waals surface area (Å²) < 4.78 is 39.6. The Kier molecular flexibility index (Phi) is 9.68. The fraction of sp³-hybridized carbons (Fsp3) is 0.350. The zero-order valence-corrected chi connectivity index (χ0v) is 31.4. The van der Waals surface area contributed by atoms with E-state index in [1.165, 1.54) is 24.3 Å². The molecule has 2 aliphatic rings. The zero-order valence-electron chi connectivity index (χ0n) is 30.6. The van der Waals surface area contributed by atoms with Crippen LogP contribution in [0.25, 0.3) is 43.9 Å². The first-order valence-corrected chi connectivity index (χ1v) is 18.4. The number of nitrogens with zero attached hydrogens (tertiary/aromatic N) is 6. The number of aliphatic hydroxyl groups is 1. The number of halogens is 2. The number of carbonyl (C=O) groups excluding carboxylic acids is 2. The lowest BCUT2D eigenvalue weighted by atomic mass is 9.90. The number of aromatic nitrogens is 3. The van der Waals surface area contributed by atoms with Crippen LogP contribution in [0.2, 0.25) is 0 Å². The first-order valence-electron chi connectivity index (χ1n) is 17.5. The number of ether oxygens (including phenoxy) is 1. The number of amides is 2. The smallest absolute Gasteiger partial charge is 0.246 e. The maximum atomic E-state index is 16.3. The highest BCUT2D eigenvalue weighted by Gasteiger charge is 2.35. The molecule has 1 N–H and O–H groups in total. The highest BCUT2D eigenvalue weighted by molar-refractivity contribution is 7.17. The van der Waals surface area contributed by atoms with Crippen molar-refractivity contribution < 1.29 is 28.2 Å². The van der Waals surface area contributed by atoms with E-state index in [2.05, 4.69) is 17.5 Å². The van der Waals surface area contributed by atoms with Crippen molar-refractivity contribution in [1.82, 2.24) is 29.5 Å². The minimum atomic E-state index is -0.890. The van der Waals surface area contributed by atoms with E-state index >= 15 is 4.39 Å². The molecule has 0 bridgehead atoms. The number of thiophene rings is 1. The Morgan fingerprint density at radius 2 is 1.89 bits per heavy atom. The summed E-state index contributed by atoms with van der Waals surface area (Å²) in [7, 11) is 5.48. The van der Waals surface area contributed by atoms with Crippen LogP contribution in [0.3, 0.4) is 0 Å². The largest absolute Gasteiger partial charge is 0.490 e. The van der Waals surface area contributed by atoms with Gasteiger partial charge >= 0.3 is 0 Å². The molecule has 0 saturated carbocycles. The van der Waals surface area contributed by atoms with Crippen molar-refractivity contribution in [2.24, 2.45) is 0 Å². The van der Waals surface area contributed by atoms with Gasteiger partial charge in [0.2, 0.25) is 11.8 Å². The normalized spacial score (nSPS) is 19.1. The fourth-order valence-corrected chi connectivity index (χ4v) is 8.40. The molecule has 13 heteroatoms. The minimum Gasteiger partial charge on any atom is -0.490 e. The Labute approximate surface area is 310 Å². The van der Waals surface area contributed by atoms with Crippen molar-refractivity contribution in [2.45, 2.75) is 58.0 Å². The molecule has 0 aliphatic carbocycles. The summed E-state index contributed by atoms with van der Waals surface area (Å²) in [5.74, 6) is -1.87. The molecule has 2 aliphatic heterocycles. The van der Waals surface area contributed by atoms with E-state index in [-0.39, 0.29) is 47.9 Å². The summed E-state index contributed by atoms with van der Waals surface area (Å²) in [6.07, 6.45) is 0.990. The van der Waals surface area contributed by atoms with Gasteiger partial charge in [-0.2, -0.15) is 5.10 Å². The summed E-state index contributed by atoms with van der Waals surface area (Å²) in [6.45, 7) is 9.91. The Morgan fingerprint density at radius 1 is 1.11 bits per heavy atom.